The standard InChI is InChI=1S/C23H28ClNO4/c1-6-20(28-16-7-9-18(24)14(2)11-16)22(26)25-19-13-23(3,4)29-21-10-8-15(27-5)12-17(19)21/h7-12,19-20H,6,13H2,1-5H3,(H,25,26)/t19-,20-/m0/s1. The summed E-state index contributed by atoms with van der Waals surface area (Å²) in [7, 11) is 1.62. The molecule has 3 rings (SSSR count). The number of halogens is 1. The molecule has 0 bridgehead atoms. The molecule has 0 saturated carbocycles. The molecular formula is C23H28ClNO4. The van der Waals surface area contributed by atoms with Gasteiger partial charge in [0.25, 0.3) is 5.91 Å². The fourth-order valence-corrected chi connectivity index (χ4v) is 3.65. The SMILES string of the molecule is CC[C@H](Oc1ccc(Cl)c(C)c1)C(=O)N[C@H]1CC(C)(C)Oc2ccc(OC)cc21. The minimum atomic E-state index is -0.601. The van der Waals surface area contributed by atoms with Gasteiger partial charge in [-0.15, -0.1) is 0 Å². The van der Waals surface area contributed by atoms with Gasteiger partial charge in [-0.25, -0.2) is 0 Å². The number of methoxy groups -OCH3 is 1. The highest BCUT2D eigenvalue weighted by atomic mass is 35.5. The van der Waals surface area contributed by atoms with Gasteiger partial charge in [-0.05, 0) is 69.2 Å². The van der Waals surface area contributed by atoms with Crippen molar-refractivity contribution in [2.75, 3.05) is 7.11 Å². The van der Waals surface area contributed by atoms with E-state index < -0.39 is 11.7 Å². The lowest BCUT2D eigenvalue weighted by Crippen LogP contribution is -2.45. The van der Waals surface area contributed by atoms with Crippen LogP contribution in [-0.4, -0.2) is 24.7 Å². The summed E-state index contributed by atoms with van der Waals surface area (Å²) in [5.41, 5.74) is 1.43. The molecule has 0 spiro atoms. The Labute approximate surface area is 177 Å². The number of aryl methyl sites for hydroxylation is 1. The number of benzene rings is 2. The van der Waals surface area contributed by atoms with Crippen LogP contribution in [0.25, 0.3) is 0 Å². The number of hydrogen-bond donors (Lipinski definition) is 1. The number of carbonyl (C=O) groups is 1. The summed E-state index contributed by atoms with van der Waals surface area (Å²) < 4.78 is 17.4. The molecule has 0 aliphatic carbocycles. The fourth-order valence-electron chi connectivity index (χ4n) is 3.53. The maximum Gasteiger partial charge on any atom is 0.261 e. The van der Waals surface area contributed by atoms with Crippen molar-refractivity contribution in [3.8, 4) is 17.2 Å². The number of amides is 1. The number of carbonyl (C=O) groups excluding carboxylic acids is 1. The van der Waals surface area contributed by atoms with Gasteiger partial charge in [-0.3, -0.25) is 4.79 Å². The molecule has 1 N–H and O–H groups in total. The van der Waals surface area contributed by atoms with Crippen molar-refractivity contribution in [3.05, 3.63) is 52.5 Å². The summed E-state index contributed by atoms with van der Waals surface area (Å²) in [4.78, 5) is 13.0. The minimum absolute atomic E-state index is 0.156. The number of ether oxygens (including phenoxy) is 3. The van der Waals surface area contributed by atoms with E-state index in [2.05, 4.69) is 5.32 Å². The fraction of sp³-hybridized carbons (Fsp3) is 0.435. The Hall–Kier alpha value is -2.40. The number of fused-ring (bicyclic) bond motifs is 1. The summed E-state index contributed by atoms with van der Waals surface area (Å²) >= 11 is 6.08. The number of nitrogens with one attached hydrogen (secondary N) is 1. The van der Waals surface area contributed by atoms with E-state index in [1.165, 1.54) is 0 Å². The average molecular weight is 418 g/mol. The highest BCUT2D eigenvalue weighted by Gasteiger charge is 2.36. The molecule has 0 saturated heterocycles. The van der Waals surface area contributed by atoms with Crippen LogP contribution in [0.1, 0.15) is 50.8 Å². The highest BCUT2D eigenvalue weighted by molar-refractivity contribution is 6.31. The number of rotatable bonds is 6. The van der Waals surface area contributed by atoms with Crippen LogP contribution in [0, 0.1) is 6.92 Å². The van der Waals surface area contributed by atoms with E-state index in [4.69, 9.17) is 25.8 Å². The van der Waals surface area contributed by atoms with Crippen LogP contribution in [0.4, 0.5) is 0 Å². The van der Waals surface area contributed by atoms with Gasteiger partial charge in [0.1, 0.15) is 22.8 Å². The van der Waals surface area contributed by atoms with Gasteiger partial charge in [-0.1, -0.05) is 18.5 Å². The Morgan fingerprint density at radius 1 is 1.28 bits per heavy atom. The van der Waals surface area contributed by atoms with Gasteiger partial charge in [0.2, 0.25) is 0 Å². The van der Waals surface area contributed by atoms with Crippen LogP contribution in [0.15, 0.2) is 36.4 Å². The molecule has 0 radical (unpaired) electrons. The first kappa shape index (κ1) is 21.3. The van der Waals surface area contributed by atoms with E-state index in [9.17, 15) is 4.79 Å². The van der Waals surface area contributed by atoms with Gasteiger partial charge < -0.3 is 19.5 Å². The van der Waals surface area contributed by atoms with Crippen molar-refractivity contribution >= 4 is 17.5 Å². The molecule has 1 aliphatic rings. The third-order valence-corrected chi connectivity index (χ3v) is 5.49. The maximum absolute atomic E-state index is 13.0. The molecule has 2 atom stereocenters. The molecule has 6 heteroatoms. The Morgan fingerprint density at radius 3 is 2.66 bits per heavy atom. The number of hydrogen-bond acceptors (Lipinski definition) is 4. The Balaban J connectivity index is 1.80. The first-order valence-electron chi connectivity index (χ1n) is 9.82. The summed E-state index contributed by atoms with van der Waals surface area (Å²) in [5, 5.41) is 3.82. The van der Waals surface area contributed by atoms with Gasteiger partial charge in [0, 0.05) is 17.0 Å². The maximum atomic E-state index is 13.0. The lowest BCUT2D eigenvalue weighted by atomic mass is 9.89. The van der Waals surface area contributed by atoms with Crippen LogP contribution in [0.5, 0.6) is 17.2 Å². The molecule has 0 fully saturated rings. The van der Waals surface area contributed by atoms with Gasteiger partial charge in [0.05, 0.1) is 13.2 Å². The largest absolute Gasteiger partial charge is 0.497 e. The van der Waals surface area contributed by atoms with Crippen molar-refractivity contribution in [3.63, 3.8) is 0 Å². The van der Waals surface area contributed by atoms with Crippen molar-refractivity contribution in [2.45, 2.75) is 58.3 Å². The molecule has 0 aromatic heterocycles. The van der Waals surface area contributed by atoms with Crippen LogP contribution in [-0.2, 0) is 4.79 Å². The van der Waals surface area contributed by atoms with Crippen molar-refractivity contribution in [2.24, 2.45) is 0 Å². The molecule has 1 aliphatic heterocycles. The highest BCUT2D eigenvalue weighted by Crippen LogP contribution is 2.41. The van der Waals surface area contributed by atoms with Crippen LogP contribution in [0.3, 0.4) is 0 Å². The molecule has 156 valence electrons. The summed E-state index contributed by atoms with van der Waals surface area (Å²) in [6.07, 6.45) is 0.594. The smallest absolute Gasteiger partial charge is 0.261 e. The zero-order valence-electron chi connectivity index (χ0n) is 17.5. The Morgan fingerprint density at radius 2 is 2.00 bits per heavy atom. The normalized spacial score (nSPS) is 18.2. The molecule has 1 amide bonds. The Kier molecular flexibility index (Phi) is 6.27. The third kappa shape index (κ3) is 4.96. The molecule has 2 aromatic rings. The summed E-state index contributed by atoms with van der Waals surface area (Å²) in [6.45, 7) is 7.87. The van der Waals surface area contributed by atoms with Crippen molar-refractivity contribution in [1.29, 1.82) is 0 Å². The Bertz CT molecular complexity index is 896. The molecule has 2 aromatic carbocycles. The van der Waals surface area contributed by atoms with E-state index in [-0.39, 0.29) is 11.9 Å². The summed E-state index contributed by atoms with van der Waals surface area (Å²) in [5.74, 6) is 1.96. The van der Waals surface area contributed by atoms with Gasteiger partial charge in [0.15, 0.2) is 6.10 Å². The van der Waals surface area contributed by atoms with Crippen LogP contribution in [0.2, 0.25) is 5.02 Å². The van der Waals surface area contributed by atoms with Crippen molar-refractivity contribution < 1.29 is 19.0 Å². The molecule has 1 heterocycles. The second kappa shape index (κ2) is 8.54. The predicted octanol–water partition coefficient (Wildman–Crippen LogP) is 5.23. The topological polar surface area (TPSA) is 56.8 Å². The molecule has 29 heavy (non-hydrogen) atoms. The molecular weight excluding hydrogens is 390 g/mol. The zero-order chi connectivity index (χ0) is 21.2. The second-order valence-electron chi connectivity index (χ2n) is 7.96. The van der Waals surface area contributed by atoms with Crippen LogP contribution >= 0.6 is 11.6 Å². The zero-order valence-corrected chi connectivity index (χ0v) is 18.3. The lowest BCUT2D eigenvalue weighted by molar-refractivity contribution is -0.129. The van der Waals surface area contributed by atoms with E-state index in [0.717, 1.165) is 22.6 Å². The average Bonchev–Trinajstić information content (AvgIpc) is 2.67. The lowest BCUT2D eigenvalue weighted by Gasteiger charge is -2.38. The molecule has 0 unspecified atom stereocenters. The van der Waals surface area contributed by atoms with E-state index in [1.807, 2.05) is 52.0 Å². The summed E-state index contributed by atoms with van der Waals surface area (Å²) in [6, 6.07) is 10.9. The van der Waals surface area contributed by atoms with Gasteiger partial charge >= 0.3 is 0 Å². The van der Waals surface area contributed by atoms with Crippen molar-refractivity contribution in [1.82, 2.24) is 5.32 Å². The first-order chi connectivity index (χ1) is 13.7. The molecule has 5 nitrogen and oxygen atoms in total. The van der Waals surface area contributed by atoms with E-state index >= 15 is 0 Å². The van der Waals surface area contributed by atoms with Gasteiger partial charge in [-0.2, -0.15) is 0 Å². The predicted molar refractivity (Wildman–Crippen MR) is 114 cm³/mol. The first-order valence-corrected chi connectivity index (χ1v) is 10.2. The third-order valence-electron chi connectivity index (χ3n) is 5.06. The minimum Gasteiger partial charge on any atom is -0.497 e. The monoisotopic (exact) mass is 417 g/mol. The quantitative estimate of drug-likeness (QED) is 0.698. The van der Waals surface area contributed by atoms with E-state index in [1.54, 1.807) is 19.2 Å². The van der Waals surface area contributed by atoms with E-state index in [0.29, 0.717) is 23.6 Å². The second-order valence-corrected chi connectivity index (χ2v) is 8.36. The van der Waals surface area contributed by atoms with Crippen LogP contribution < -0.4 is 19.5 Å².